The zero-order chi connectivity index (χ0) is 18.7. The Morgan fingerprint density at radius 3 is 2.35 bits per heavy atom. The third-order valence-corrected chi connectivity index (χ3v) is 6.54. The second-order valence-electron chi connectivity index (χ2n) is 6.83. The van der Waals surface area contributed by atoms with Gasteiger partial charge in [-0.15, -0.1) is 0 Å². The van der Waals surface area contributed by atoms with Crippen LogP contribution in [0, 0.1) is 6.92 Å². The van der Waals surface area contributed by atoms with E-state index in [2.05, 4.69) is 5.32 Å². The van der Waals surface area contributed by atoms with Crippen molar-refractivity contribution in [2.24, 2.45) is 0 Å². The van der Waals surface area contributed by atoms with Crippen molar-refractivity contribution >= 4 is 15.7 Å². The van der Waals surface area contributed by atoms with Crippen LogP contribution in [0.25, 0.3) is 0 Å². The van der Waals surface area contributed by atoms with Crippen molar-refractivity contribution in [3.63, 3.8) is 0 Å². The minimum Gasteiger partial charge on any atom is -0.337 e. The van der Waals surface area contributed by atoms with Gasteiger partial charge in [0.25, 0.3) is 5.91 Å². The van der Waals surface area contributed by atoms with Gasteiger partial charge in [0.05, 0.1) is 10.6 Å². The number of hydrogen-bond donors (Lipinski definition) is 1. The molecule has 1 amide bonds. The summed E-state index contributed by atoms with van der Waals surface area (Å²) >= 11 is 0. The molecule has 1 fully saturated rings. The van der Waals surface area contributed by atoms with Crippen LogP contribution in [0.4, 0.5) is 0 Å². The van der Waals surface area contributed by atoms with Crippen molar-refractivity contribution in [2.75, 3.05) is 20.1 Å². The van der Waals surface area contributed by atoms with Gasteiger partial charge in [0.1, 0.15) is 0 Å². The minimum absolute atomic E-state index is 0.0355. The molecule has 1 aliphatic heterocycles. The Bertz CT molecular complexity index is 868. The number of hydrogen-bond acceptors (Lipinski definition) is 4. The Balaban J connectivity index is 1.71. The molecule has 0 bridgehead atoms. The maximum atomic E-state index is 12.6. The first kappa shape index (κ1) is 18.6. The summed E-state index contributed by atoms with van der Waals surface area (Å²) in [6.07, 6.45) is 0.953. The predicted octanol–water partition coefficient (Wildman–Crippen LogP) is 2.40. The van der Waals surface area contributed by atoms with E-state index in [4.69, 9.17) is 0 Å². The van der Waals surface area contributed by atoms with Crippen molar-refractivity contribution in [3.8, 4) is 0 Å². The van der Waals surface area contributed by atoms with E-state index in [0.29, 0.717) is 16.0 Å². The van der Waals surface area contributed by atoms with Gasteiger partial charge in [-0.3, -0.25) is 4.79 Å². The number of sulfone groups is 1. The van der Waals surface area contributed by atoms with E-state index in [9.17, 15) is 13.2 Å². The van der Waals surface area contributed by atoms with Crippen molar-refractivity contribution in [1.82, 2.24) is 10.2 Å². The standard InChI is InChI=1S/C20H24N2O3S/c1-15-3-9-19(10-4-15)26(24,25)14-16-5-7-17(8-6-16)20(23)22(2)18-11-12-21-13-18/h3-10,18,21H,11-14H2,1-2H3. The Morgan fingerprint density at radius 2 is 1.77 bits per heavy atom. The van der Waals surface area contributed by atoms with Gasteiger partial charge in [0.15, 0.2) is 9.84 Å². The van der Waals surface area contributed by atoms with Crippen LogP contribution >= 0.6 is 0 Å². The molecule has 26 heavy (non-hydrogen) atoms. The van der Waals surface area contributed by atoms with Crippen molar-refractivity contribution < 1.29 is 13.2 Å². The molecule has 138 valence electrons. The molecular weight excluding hydrogens is 348 g/mol. The number of nitrogens with zero attached hydrogens (tertiary/aromatic N) is 1. The summed E-state index contributed by atoms with van der Waals surface area (Å²) in [6.45, 7) is 3.66. The van der Waals surface area contributed by atoms with E-state index in [1.807, 2.05) is 14.0 Å². The molecule has 2 aromatic carbocycles. The monoisotopic (exact) mass is 372 g/mol. The van der Waals surface area contributed by atoms with E-state index in [1.165, 1.54) is 0 Å². The highest BCUT2D eigenvalue weighted by molar-refractivity contribution is 7.90. The Morgan fingerprint density at radius 1 is 1.12 bits per heavy atom. The predicted molar refractivity (Wildman–Crippen MR) is 102 cm³/mol. The average Bonchev–Trinajstić information content (AvgIpc) is 3.16. The van der Waals surface area contributed by atoms with Crippen LogP contribution in [-0.4, -0.2) is 45.4 Å². The Labute approximate surface area is 154 Å². The molecule has 2 aromatic rings. The van der Waals surface area contributed by atoms with Crippen LogP contribution in [0.2, 0.25) is 0 Å². The average molecular weight is 372 g/mol. The van der Waals surface area contributed by atoms with Gasteiger partial charge in [-0.2, -0.15) is 0 Å². The molecule has 1 saturated heterocycles. The van der Waals surface area contributed by atoms with Crippen LogP contribution in [-0.2, 0) is 15.6 Å². The van der Waals surface area contributed by atoms with Gasteiger partial charge in [0.2, 0.25) is 0 Å². The number of likely N-dealkylation sites (N-methyl/N-ethyl adjacent to an activating group) is 1. The molecule has 0 radical (unpaired) electrons. The second kappa shape index (κ2) is 7.60. The fourth-order valence-corrected chi connectivity index (χ4v) is 4.48. The van der Waals surface area contributed by atoms with E-state index in [1.54, 1.807) is 53.4 Å². The van der Waals surface area contributed by atoms with Crippen LogP contribution in [0.5, 0.6) is 0 Å². The molecule has 0 saturated carbocycles. The van der Waals surface area contributed by atoms with Crippen molar-refractivity contribution in [1.29, 1.82) is 0 Å². The van der Waals surface area contributed by atoms with E-state index >= 15 is 0 Å². The lowest BCUT2D eigenvalue weighted by molar-refractivity contribution is 0.0744. The molecule has 3 rings (SSSR count). The van der Waals surface area contributed by atoms with Gasteiger partial charge >= 0.3 is 0 Å². The first-order chi connectivity index (χ1) is 12.4. The Kier molecular flexibility index (Phi) is 5.44. The number of carbonyl (C=O) groups excluding carboxylic acids is 1. The number of benzene rings is 2. The fourth-order valence-electron chi connectivity index (χ4n) is 3.13. The maximum absolute atomic E-state index is 12.6. The molecule has 5 nitrogen and oxygen atoms in total. The van der Waals surface area contributed by atoms with Crippen molar-refractivity contribution in [2.45, 2.75) is 30.0 Å². The topological polar surface area (TPSA) is 66.5 Å². The lowest BCUT2D eigenvalue weighted by Gasteiger charge is -2.23. The van der Waals surface area contributed by atoms with Gasteiger partial charge in [-0.25, -0.2) is 8.42 Å². The number of carbonyl (C=O) groups is 1. The van der Waals surface area contributed by atoms with E-state index in [0.717, 1.165) is 25.1 Å². The van der Waals surface area contributed by atoms with E-state index < -0.39 is 9.84 Å². The van der Waals surface area contributed by atoms with E-state index in [-0.39, 0.29) is 17.7 Å². The third kappa shape index (κ3) is 4.14. The zero-order valence-electron chi connectivity index (χ0n) is 15.1. The quantitative estimate of drug-likeness (QED) is 0.875. The minimum atomic E-state index is -3.40. The summed E-state index contributed by atoms with van der Waals surface area (Å²) in [5.41, 5.74) is 2.27. The lowest BCUT2D eigenvalue weighted by atomic mass is 10.1. The number of rotatable bonds is 5. The second-order valence-corrected chi connectivity index (χ2v) is 8.82. The van der Waals surface area contributed by atoms with Gasteiger partial charge in [0, 0.05) is 25.2 Å². The summed E-state index contributed by atoms with van der Waals surface area (Å²) in [4.78, 5) is 14.6. The van der Waals surface area contributed by atoms with Crippen LogP contribution in [0.15, 0.2) is 53.4 Å². The molecule has 0 aliphatic carbocycles. The molecule has 1 heterocycles. The lowest BCUT2D eigenvalue weighted by Crippen LogP contribution is -2.38. The van der Waals surface area contributed by atoms with Crippen LogP contribution in [0.3, 0.4) is 0 Å². The Hall–Kier alpha value is -2.18. The highest BCUT2D eigenvalue weighted by Crippen LogP contribution is 2.18. The van der Waals surface area contributed by atoms with Gasteiger partial charge < -0.3 is 10.2 Å². The molecule has 6 heteroatoms. The summed E-state index contributed by atoms with van der Waals surface area (Å²) in [5.74, 6) is -0.112. The summed E-state index contributed by atoms with van der Waals surface area (Å²) in [7, 11) is -1.58. The normalized spacial score (nSPS) is 17.2. The first-order valence-electron chi connectivity index (χ1n) is 8.73. The number of amides is 1. The third-order valence-electron chi connectivity index (χ3n) is 4.84. The molecule has 1 aliphatic rings. The van der Waals surface area contributed by atoms with Gasteiger partial charge in [-0.1, -0.05) is 29.8 Å². The van der Waals surface area contributed by atoms with Crippen molar-refractivity contribution in [3.05, 3.63) is 65.2 Å². The first-order valence-corrected chi connectivity index (χ1v) is 10.4. The number of aryl methyl sites for hydroxylation is 1. The molecule has 1 atom stereocenters. The molecule has 0 aromatic heterocycles. The molecule has 1 N–H and O–H groups in total. The van der Waals surface area contributed by atoms with Crippen LogP contribution < -0.4 is 5.32 Å². The fraction of sp³-hybridized carbons (Fsp3) is 0.350. The highest BCUT2D eigenvalue weighted by atomic mass is 32.2. The summed E-state index contributed by atoms with van der Waals surface area (Å²) < 4.78 is 25.1. The summed E-state index contributed by atoms with van der Waals surface area (Å²) in [5, 5.41) is 3.25. The molecule has 0 spiro atoms. The molecular formula is C20H24N2O3S. The maximum Gasteiger partial charge on any atom is 0.253 e. The smallest absolute Gasteiger partial charge is 0.253 e. The van der Waals surface area contributed by atoms with Gasteiger partial charge in [-0.05, 0) is 49.7 Å². The largest absolute Gasteiger partial charge is 0.337 e. The summed E-state index contributed by atoms with van der Waals surface area (Å²) in [6, 6.07) is 13.9. The molecule has 1 unspecified atom stereocenters. The SMILES string of the molecule is Cc1ccc(S(=O)(=O)Cc2ccc(C(=O)N(C)C3CCNC3)cc2)cc1. The number of nitrogens with one attached hydrogen (secondary N) is 1. The highest BCUT2D eigenvalue weighted by Gasteiger charge is 2.24. The van der Waals surface area contributed by atoms with Crippen LogP contribution in [0.1, 0.15) is 27.9 Å². The zero-order valence-corrected chi connectivity index (χ0v) is 15.9.